The minimum atomic E-state index is -1.70. The number of hydrogen-bond acceptors (Lipinski definition) is 11. The van der Waals surface area contributed by atoms with E-state index in [1.165, 1.54) is 44.9 Å². The van der Waals surface area contributed by atoms with Crippen LogP contribution in [0.25, 0.3) is 0 Å². The Morgan fingerprint density at radius 2 is 1.36 bits per heavy atom. The first-order valence-electron chi connectivity index (χ1n) is 16.2. The van der Waals surface area contributed by atoms with Crippen LogP contribution in [-0.2, 0) is 18.9 Å². The van der Waals surface area contributed by atoms with Gasteiger partial charge in [0, 0.05) is 0 Å². The van der Waals surface area contributed by atoms with Crippen molar-refractivity contribution in [3.05, 3.63) is 0 Å². The first-order chi connectivity index (χ1) is 20.0. The maximum Gasteiger partial charge on any atom is 0.187 e. The van der Waals surface area contributed by atoms with Crippen molar-refractivity contribution in [1.29, 1.82) is 0 Å². The zero-order chi connectivity index (χ0) is 30.0. The minimum absolute atomic E-state index is 0.144. The maximum atomic E-state index is 11.0. The van der Waals surface area contributed by atoms with Crippen LogP contribution in [0.5, 0.6) is 0 Å². The molecule has 242 valence electrons. The summed E-state index contributed by atoms with van der Waals surface area (Å²) in [4.78, 5) is 0. The van der Waals surface area contributed by atoms with Crippen LogP contribution in [0.4, 0.5) is 0 Å². The summed E-state index contributed by atoms with van der Waals surface area (Å²) < 4.78 is 23.3. The van der Waals surface area contributed by atoms with Gasteiger partial charge in [-0.1, -0.05) is 20.3 Å². The van der Waals surface area contributed by atoms with Crippen molar-refractivity contribution in [1.82, 2.24) is 0 Å². The molecule has 0 spiro atoms. The van der Waals surface area contributed by atoms with E-state index in [2.05, 4.69) is 13.8 Å². The SMILES string of the molecule is C[C@@]12CCC[C@H]1[C@@H]1CCC3C[C@@H](O[C@@H]4O[C@H](CO)[C@@H](O[C@@H]5O[C@H](CO)[C@@H](O)[C@H](O)[C@H]5O)[C@H](O)[C@H]4O)CC[C@]3(C)[C@H]1CC2. The lowest BCUT2D eigenvalue weighted by molar-refractivity contribution is -0.364. The second-order valence-electron chi connectivity index (χ2n) is 14.8. The van der Waals surface area contributed by atoms with Crippen LogP contribution in [-0.4, -0.2) is 116 Å². The van der Waals surface area contributed by atoms with Gasteiger partial charge >= 0.3 is 0 Å². The van der Waals surface area contributed by atoms with Gasteiger partial charge in [0.05, 0.1) is 19.3 Å². The Bertz CT molecular complexity index is 935. The molecule has 11 heteroatoms. The number of ether oxygens (including phenoxy) is 4. The molecule has 2 saturated heterocycles. The lowest BCUT2D eigenvalue weighted by Crippen LogP contribution is -2.65. The van der Waals surface area contributed by atoms with Crippen molar-refractivity contribution in [2.45, 2.75) is 146 Å². The average molecular weight is 601 g/mol. The average Bonchev–Trinajstić information content (AvgIpc) is 3.38. The van der Waals surface area contributed by atoms with E-state index in [-0.39, 0.29) is 11.5 Å². The van der Waals surface area contributed by atoms with Crippen molar-refractivity contribution in [3.63, 3.8) is 0 Å². The predicted octanol–water partition coefficient (Wildman–Crippen LogP) is 0.429. The van der Waals surface area contributed by atoms with Gasteiger partial charge in [0.15, 0.2) is 12.6 Å². The van der Waals surface area contributed by atoms with Gasteiger partial charge in [0.1, 0.15) is 48.8 Å². The van der Waals surface area contributed by atoms with Gasteiger partial charge in [-0.2, -0.15) is 0 Å². The molecule has 1 unspecified atom stereocenters. The van der Waals surface area contributed by atoms with Gasteiger partial charge in [-0.05, 0) is 92.3 Å². The summed E-state index contributed by atoms with van der Waals surface area (Å²) in [6, 6.07) is 0. The van der Waals surface area contributed by atoms with Crippen LogP contribution in [0.15, 0.2) is 0 Å². The van der Waals surface area contributed by atoms with Crippen LogP contribution in [0, 0.1) is 34.5 Å². The van der Waals surface area contributed by atoms with E-state index in [1.54, 1.807) is 0 Å². The predicted molar refractivity (Wildman–Crippen MR) is 148 cm³/mol. The highest BCUT2D eigenvalue weighted by Crippen LogP contribution is 2.66. The van der Waals surface area contributed by atoms with Crippen molar-refractivity contribution >= 4 is 0 Å². The largest absolute Gasteiger partial charge is 0.394 e. The van der Waals surface area contributed by atoms with Crippen molar-refractivity contribution in [3.8, 4) is 0 Å². The topological polar surface area (TPSA) is 179 Å². The monoisotopic (exact) mass is 600 g/mol. The van der Waals surface area contributed by atoms with Gasteiger partial charge in [0.2, 0.25) is 0 Å². The zero-order valence-electron chi connectivity index (χ0n) is 24.9. The molecule has 2 aliphatic heterocycles. The molecular formula is C31H52O11. The van der Waals surface area contributed by atoms with Crippen LogP contribution in [0.2, 0.25) is 0 Å². The molecule has 0 aromatic rings. The quantitative estimate of drug-likeness (QED) is 0.210. The van der Waals surface area contributed by atoms with Crippen LogP contribution in [0.3, 0.4) is 0 Å². The number of aliphatic hydroxyl groups is 7. The Hall–Kier alpha value is -0.440. The molecule has 2 heterocycles. The third-order valence-electron chi connectivity index (χ3n) is 12.7. The Morgan fingerprint density at radius 1 is 0.667 bits per heavy atom. The second kappa shape index (κ2) is 12.1. The number of hydrogen-bond donors (Lipinski definition) is 7. The molecule has 4 saturated carbocycles. The van der Waals surface area contributed by atoms with E-state index < -0.39 is 74.6 Å². The number of fused-ring (bicyclic) bond motifs is 5. The molecule has 4 aliphatic carbocycles. The maximum absolute atomic E-state index is 11.0. The summed E-state index contributed by atoms with van der Waals surface area (Å²) in [5.74, 6) is 2.98. The number of aliphatic hydroxyl groups excluding tert-OH is 7. The third-order valence-corrected chi connectivity index (χ3v) is 12.7. The molecule has 11 nitrogen and oxygen atoms in total. The van der Waals surface area contributed by atoms with Gasteiger partial charge in [0.25, 0.3) is 0 Å². The van der Waals surface area contributed by atoms with Gasteiger partial charge < -0.3 is 54.7 Å². The van der Waals surface area contributed by atoms with E-state index >= 15 is 0 Å². The fourth-order valence-electron chi connectivity index (χ4n) is 10.2. The van der Waals surface area contributed by atoms with E-state index in [0.717, 1.165) is 37.0 Å². The molecule has 0 bridgehead atoms. The normalized spacial score (nSPS) is 56.4. The first-order valence-corrected chi connectivity index (χ1v) is 16.2. The van der Waals surface area contributed by atoms with E-state index in [0.29, 0.717) is 11.3 Å². The summed E-state index contributed by atoms with van der Waals surface area (Å²) >= 11 is 0. The molecule has 7 N–H and O–H groups in total. The van der Waals surface area contributed by atoms with Crippen molar-refractivity contribution < 1.29 is 54.7 Å². The molecule has 0 aromatic carbocycles. The van der Waals surface area contributed by atoms with Gasteiger partial charge in [-0.15, -0.1) is 0 Å². The van der Waals surface area contributed by atoms with Gasteiger partial charge in [-0.25, -0.2) is 0 Å². The van der Waals surface area contributed by atoms with E-state index in [9.17, 15) is 35.7 Å². The van der Waals surface area contributed by atoms with Crippen LogP contribution in [0.1, 0.15) is 78.1 Å². The lowest BCUT2D eigenvalue weighted by atomic mass is 9.45. The zero-order valence-corrected chi connectivity index (χ0v) is 24.9. The minimum Gasteiger partial charge on any atom is -0.394 e. The molecule has 6 rings (SSSR count). The summed E-state index contributed by atoms with van der Waals surface area (Å²) in [5.41, 5.74) is 0.823. The first kappa shape index (κ1) is 31.5. The summed E-state index contributed by atoms with van der Waals surface area (Å²) in [5, 5.41) is 72.0. The molecule has 6 aliphatic rings. The molecule has 6 fully saturated rings. The molecule has 0 radical (unpaired) electrons. The number of rotatable bonds is 6. The van der Waals surface area contributed by atoms with Crippen molar-refractivity contribution in [2.75, 3.05) is 13.2 Å². The standard InChI is InChI=1S/C31H52O11/c1-30-9-3-4-18(30)17-6-5-15-12-16(7-11-31(15,2)19(17)8-10-30)39-28-26(38)24(36)27(21(14-33)41-28)42-29-25(37)23(35)22(34)20(13-32)40-29/h15-29,32-38H,3-14H2,1-2H3/t15?,16-,17-,18-,19-,20+,21+,22+,23-,24+,25+,26+,27+,28+,29-,30-,31-/m0/s1. The Balaban J connectivity index is 1.08. The Morgan fingerprint density at radius 3 is 2.10 bits per heavy atom. The summed E-state index contributed by atoms with van der Waals surface area (Å²) in [6.07, 6.45) is -2.44. The highest BCUT2D eigenvalue weighted by Gasteiger charge is 2.58. The summed E-state index contributed by atoms with van der Waals surface area (Å²) in [7, 11) is 0. The van der Waals surface area contributed by atoms with E-state index in [1.807, 2.05) is 0 Å². The molecule has 17 atom stereocenters. The molecule has 42 heavy (non-hydrogen) atoms. The smallest absolute Gasteiger partial charge is 0.187 e. The Kier molecular flexibility index (Phi) is 9.05. The second-order valence-corrected chi connectivity index (χ2v) is 14.8. The lowest BCUT2D eigenvalue weighted by Gasteiger charge is -2.60. The highest BCUT2D eigenvalue weighted by molar-refractivity contribution is 5.07. The van der Waals surface area contributed by atoms with Crippen LogP contribution < -0.4 is 0 Å². The summed E-state index contributed by atoms with van der Waals surface area (Å²) in [6.45, 7) is 3.82. The molecule has 0 amide bonds. The fraction of sp³-hybridized carbons (Fsp3) is 1.00. The van der Waals surface area contributed by atoms with Crippen LogP contribution >= 0.6 is 0 Å². The van der Waals surface area contributed by atoms with Crippen molar-refractivity contribution in [2.24, 2.45) is 34.5 Å². The Labute approximate surface area is 248 Å². The van der Waals surface area contributed by atoms with Gasteiger partial charge in [-0.3, -0.25) is 0 Å². The molecular weight excluding hydrogens is 548 g/mol. The third kappa shape index (κ3) is 5.28. The highest BCUT2D eigenvalue weighted by atomic mass is 16.7. The van der Waals surface area contributed by atoms with E-state index in [4.69, 9.17) is 18.9 Å². The fourth-order valence-corrected chi connectivity index (χ4v) is 10.2. The molecule has 0 aromatic heterocycles.